The van der Waals surface area contributed by atoms with E-state index in [-0.39, 0.29) is 11.8 Å². The molecular weight excluding hydrogens is 508 g/mol. The van der Waals surface area contributed by atoms with Crippen molar-refractivity contribution in [3.05, 3.63) is 60.2 Å². The van der Waals surface area contributed by atoms with Gasteiger partial charge in [-0.05, 0) is 80.4 Å². The Labute approximate surface area is 238 Å². The lowest BCUT2D eigenvalue weighted by molar-refractivity contribution is -0.227. The van der Waals surface area contributed by atoms with Crippen molar-refractivity contribution in [1.82, 2.24) is 9.55 Å². The Morgan fingerprint density at radius 1 is 1.25 bits per heavy atom. The third kappa shape index (κ3) is 5.88. The number of hydrogen-bond acceptors (Lipinski definition) is 7. The van der Waals surface area contributed by atoms with E-state index in [1.165, 1.54) is 25.9 Å². The van der Waals surface area contributed by atoms with Crippen molar-refractivity contribution in [2.45, 2.75) is 70.9 Å². The number of carbonyl (C=O) groups is 2. The molecule has 218 valence electrons. The SMILES string of the molecule is C=C1C(C)CC(C(C)C)C2C/C=C(/C(=O)OC)C3(OC)C=CC(C)(O3)[C@@H](OC(=O)/C=C/c3cn(C)cn3)CCC12. The van der Waals surface area contributed by atoms with E-state index in [4.69, 9.17) is 18.9 Å². The highest BCUT2D eigenvalue weighted by Gasteiger charge is 2.53. The second-order valence-electron chi connectivity index (χ2n) is 12.0. The fourth-order valence-corrected chi connectivity index (χ4v) is 6.76. The molecule has 1 aliphatic carbocycles. The van der Waals surface area contributed by atoms with E-state index in [0.29, 0.717) is 41.9 Å². The lowest BCUT2D eigenvalue weighted by atomic mass is 9.60. The molecule has 0 radical (unpaired) electrons. The topological polar surface area (TPSA) is 88.9 Å². The zero-order chi connectivity index (χ0) is 29.2. The van der Waals surface area contributed by atoms with Crippen LogP contribution >= 0.6 is 0 Å². The fourth-order valence-electron chi connectivity index (χ4n) is 6.76. The maximum absolute atomic E-state index is 13.1. The smallest absolute Gasteiger partial charge is 0.339 e. The van der Waals surface area contributed by atoms with Gasteiger partial charge in [0.15, 0.2) is 0 Å². The van der Waals surface area contributed by atoms with E-state index in [2.05, 4.69) is 32.3 Å². The van der Waals surface area contributed by atoms with E-state index < -0.39 is 29.4 Å². The molecule has 4 rings (SSSR count). The first-order valence-electron chi connectivity index (χ1n) is 14.2. The van der Waals surface area contributed by atoms with Crippen molar-refractivity contribution in [3.63, 3.8) is 0 Å². The lowest BCUT2D eigenvalue weighted by Gasteiger charge is -2.45. The second kappa shape index (κ2) is 11.9. The number of carbonyl (C=O) groups excluding carboxylic acids is 2. The molecule has 40 heavy (non-hydrogen) atoms. The summed E-state index contributed by atoms with van der Waals surface area (Å²) < 4.78 is 25.6. The van der Waals surface area contributed by atoms with Crippen molar-refractivity contribution in [2.75, 3.05) is 14.2 Å². The number of imidazole rings is 1. The Morgan fingerprint density at radius 2 is 2.00 bits per heavy atom. The summed E-state index contributed by atoms with van der Waals surface area (Å²) in [6, 6.07) is 0. The monoisotopic (exact) mass is 552 g/mol. The average Bonchev–Trinajstić information content (AvgIpc) is 3.50. The van der Waals surface area contributed by atoms with Gasteiger partial charge in [0, 0.05) is 26.4 Å². The summed E-state index contributed by atoms with van der Waals surface area (Å²) in [6.45, 7) is 13.2. The van der Waals surface area contributed by atoms with Crippen LogP contribution in [0, 0.1) is 29.6 Å². The molecule has 0 N–H and O–H groups in total. The summed E-state index contributed by atoms with van der Waals surface area (Å²) in [7, 11) is 4.73. The van der Waals surface area contributed by atoms with Crippen molar-refractivity contribution in [1.29, 1.82) is 0 Å². The predicted molar refractivity (Wildman–Crippen MR) is 153 cm³/mol. The minimum absolute atomic E-state index is 0.208. The van der Waals surface area contributed by atoms with Gasteiger partial charge in [0.25, 0.3) is 0 Å². The van der Waals surface area contributed by atoms with Crippen LogP contribution in [0.15, 0.2) is 54.6 Å². The first-order valence-corrected chi connectivity index (χ1v) is 14.2. The highest BCUT2D eigenvalue weighted by Crippen LogP contribution is 2.50. The molecule has 1 saturated carbocycles. The minimum atomic E-state index is -1.46. The zero-order valence-electron chi connectivity index (χ0n) is 24.9. The van der Waals surface area contributed by atoms with E-state index in [1.54, 1.807) is 18.5 Å². The highest BCUT2D eigenvalue weighted by molar-refractivity contribution is 5.91. The Bertz CT molecular complexity index is 1210. The van der Waals surface area contributed by atoms with E-state index in [9.17, 15) is 9.59 Å². The second-order valence-corrected chi connectivity index (χ2v) is 12.0. The Morgan fingerprint density at radius 3 is 2.62 bits per heavy atom. The number of ether oxygens (including phenoxy) is 4. The van der Waals surface area contributed by atoms with Crippen LogP contribution in [-0.2, 0) is 35.6 Å². The fraction of sp³-hybridized carbons (Fsp3) is 0.594. The van der Waals surface area contributed by atoms with Gasteiger partial charge in [-0.2, -0.15) is 0 Å². The number of nitrogens with zero attached hydrogens (tertiary/aromatic N) is 2. The molecule has 3 aliphatic rings. The van der Waals surface area contributed by atoms with E-state index >= 15 is 0 Å². The summed E-state index contributed by atoms with van der Waals surface area (Å²) in [5, 5.41) is 0. The van der Waals surface area contributed by atoms with Gasteiger partial charge in [-0.3, -0.25) is 0 Å². The molecule has 0 amide bonds. The molecule has 0 aromatic carbocycles. The van der Waals surface area contributed by atoms with Gasteiger partial charge in [0.1, 0.15) is 11.7 Å². The van der Waals surface area contributed by atoms with Crippen LogP contribution in [0.3, 0.4) is 0 Å². The van der Waals surface area contributed by atoms with E-state index in [1.807, 2.05) is 36.9 Å². The summed E-state index contributed by atoms with van der Waals surface area (Å²) in [5.41, 5.74) is 1.13. The van der Waals surface area contributed by atoms with Crippen molar-refractivity contribution in [2.24, 2.45) is 36.6 Å². The van der Waals surface area contributed by atoms with E-state index in [0.717, 1.165) is 12.8 Å². The van der Waals surface area contributed by atoms with Crippen LogP contribution in [0.1, 0.15) is 59.1 Å². The van der Waals surface area contributed by atoms with Crippen molar-refractivity contribution in [3.8, 4) is 0 Å². The van der Waals surface area contributed by atoms with Crippen LogP contribution in [0.2, 0.25) is 0 Å². The number of hydrogen-bond donors (Lipinski definition) is 0. The summed E-state index contributed by atoms with van der Waals surface area (Å²) in [6.07, 6.45) is 14.4. The zero-order valence-corrected chi connectivity index (χ0v) is 24.9. The van der Waals surface area contributed by atoms with Crippen molar-refractivity contribution >= 4 is 18.0 Å². The number of rotatable bonds is 6. The van der Waals surface area contributed by atoms with Gasteiger partial charge >= 0.3 is 11.9 Å². The highest BCUT2D eigenvalue weighted by atomic mass is 16.7. The Balaban J connectivity index is 1.74. The van der Waals surface area contributed by atoms with Crippen LogP contribution in [-0.4, -0.2) is 53.2 Å². The molecule has 2 bridgehead atoms. The summed E-state index contributed by atoms with van der Waals surface area (Å²) in [5.74, 6) is -0.676. The molecule has 0 spiro atoms. The number of aromatic nitrogens is 2. The van der Waals surface area contributed by atoms with Gasteiger partial charge in [-0.15, -0.1) is 0 Å². The normalized spacial score (nSPS) is 35.6. The third-order valence-corrected chi connectivity index (χ3v) is 9.09. The minimum Gasteiger partial charge on any atom is -0.466 e. The number of methoxy groups -OCH3 is 2. The molecule has 6 unspecified atom stereocenters. The molecule has 2 aliphatic heterocycles. The molecule has 1 aromatic rings. The Hall–Kier alpha value is -2.97. The molecule has 1 aromatic heterocycles. The molecule has 3 heterocycles. The van der Waals surface area contributed by atoms with Crippen LogP contribution in [0.5, 0.6) is 0 Å². The molecule has 8 nitrogen and oxygen atoms in total. The maximum Gasteiger partial charge on any atom is 0.339 e. The Kier molecular flexibility index (Phi) is 8.90. The first kappa shape index (κ1) is 30.0. The quantitative estimate of drug-likeness (QED) is 0.265. The van der Waals surface area contributed by atoms with Gasteiger partial charge in [-0.1, -0.05) is 39.0 Å². The molecule has 7 atom stereocenters. The number of fused-ring (bicyclic) bond motifs is 3. The van der Waals surface area contributed by atoms with Gasteiger partial charge in [0.05, 0.1) is 24.7 Å². The van der Waals surface area contributed by atoms with Gasteiger partial charge in [-0.25, -0.2) is 14.6 Å². The van der Waals surface area contributed by atoms with Crippen LogP contribution in [0.4, 0.5) is 0 Å². The first-order chi connectivity index (χ1) is 18.9. The number of aryl methyl sites for hydroxylation is 1. The molecule has 8 heteroatoms. The lowest BCUT2D eigenvalue weighted by Crippen LogP contribution is -2.48. The van der Waals surface area contributed by atoms with Crippen LogP contribution < -0.4 is 0 Å². The maximum atomic E-state index is 13.1. The number of esters is 2. The largest absolute Gasteiger partial charge is 0.466 e. The molecular formula is C32H44N2O6. The summed E-state index contributed by atoms with van der Waals surface area (Å²) >= 11 is 0. The van der Waals surface area contributed by atoms with Crippen LogP contribution in [0.25, 0.3) is 6.08 Å². The van der Waals surface area contributed by atoms with Gasteiger partial charge in [0.2, 0.25) is 5.79 Å². The van der Waals surface area contributed by atoms with Crippen molar-refractivity contribution < 1.29 is 28.5 Å². The molecule has 1 fully saturated rings. The summed E-state index contributed by atoms with van der Waals surface area (Å²) in [4.78, 5) is 30.5. The molecule has 0 saturated heterocycles. The standard InChI is InChI=1S/C32H44N2O6/c1-20(2)26-17-21(3)22(4)24-11-13-28(39-29(35)14-9-23-18-34(6)19-33-23)31(5)15-16-32(38-8,40-31)27(30(36)37-7)12-10-25(24)26/h9,12,14-16,18-21,24-26,28H,4,10-11,13,17H2,1-3,5-8H3/b14-9+,27-12-/t21?,24?,25?,26?,28-,31?,32?/m0/s1. The number of allylic oxidation sites excluding steroid dienone is 2. The predicted octanol–water partition coefficient (Wildman–Crippen LogP) is 5.42. The third-order valence-electron chi connectivity index (χ3n) is 9.09. The van der Waals surface area contributed by atoms with Gasteiger partial charge < -0.3 is 23.5 Å². The average molecular weight is 553 g/mol.